The highest BCUT2D eigenvalue weighted by molar-refractivity contribution is 6.53. The van der Waals surface area contributed by atoms with Crippen LogP contribution in [0.5, 0.6) is 0 Å². The molecule has 0 fully saturated rings. The minimum absolute atomic E-state index is 1.22. The van der Waals surface area contributed by atoms with E-state index < -0.39 is 0 Å². The highest BCUT2D eigenvalue weighted by atomic mass is 14.3. The van der Waals surface area contributed by atoms with Crippen LogP contribution in [0.15, 0.2) is 231 Å². The highest BCUT2D eigenvalue weighted by Gasteiger charge is 2.31. The van der Waals surface area contributed by atoms with E-state index in [1.165, 1.54) is 174 Å². The van der Waals surface area contributed by atoms with Gasteiger partial charge in [0.05, 0.1) is 0 Å². The molecule has 16 aromatic carbocycles. The Morgan fingerprint density at radius 2 is 0.586 bits per heavy atom. The SMILES string of the molecule is c1ccc(-c2ccc3c(c2)-c2ccc4c5ccc6c7c(ccc(c8ccc-3c2c84)c57)c2c(-c3c(-c4ccccc4)cccc3-c3ccccc3)c3cc4ccccc4c4c5ccccc5c(c62)c34)cc1. The summed E-state index contributed by atoms with van der Waals surface area (Å²) in [6.45, 7) is 0. The van der Waals surface area contributed by atoms with Gasteiger partial charge in [-0.1, -0.05) is 218 Å². The third-order valence-electron chi connectivity index (χ3n) is 16.4. The molecule has 0 bridgehead atoms. The normalized spacial score (nSPS) is 12.6. The fourth-order valence-electron chi connectivity index (χ4n) is 13.7. The van der Waals surface area contributed by atoms with Gasteiger partial charge < -0.3 is 0 Å². The summed E-state index contributed by atoms with van der Waals surface area (Å²) in [6.07, 6.45) is 0. The Morgan fingerprint density at radius 1 is 0.157 bits per heavy atom. The Balaban J connectivity index is 1.07. The van der Waals surface area contributed by atoms with Gasteiger partial charge in [-0.15, -0.1) is 0 Å². The number of hydrogen-bond acceptors (Lipinski definition) is 0. The van der Waals surface area contributed by atoms with E-state index in [0.717, 1.165) is 0 Å². The van der Waals surface area contributed by atoms with Crippen molar-refractivity contribution in [2.75, 3.05) is 0 Å². The molecule has 0 aromatic heterocycles. The van der Waals surface area contributed by atoms with Crippen molar-refractivity contribution in [3.05, 3.63) is 231 Å². The Kier molecular flexibility index (Phi) is 7.03. The summed E-state index contributed by atoms with van der Waals surface area (Å²) in [4.78, 5) is 0. The van der Waals surface area contributed by atoms with Gasteiger partial charge in [-0.2, -0.15) is 0 Å². The molecule has 0 atom stereocenters. The first-order valence-electron chi connectivity index (χ1n) is 24.6. The first-order valence-corrected chi connectivity index (χ1v) is 24.6. The molecular formula is C70H38. The van der Waals surface area contributed by atoms with E-state index in [2.05, 4.69) is 231 Å². The fraction of sp³-hybridized carbons (Fsp3) is 0. The Bertz CT molecular complexity index is 4810. The van der Waals surface area contributed by atoms with Crippen LogP contribution in [0.3, 0.4) is 0 Å². The van der Waals surface area contributed by atoms with E-state index in [4.69, 9.17) is 0 Å². The zero-order valence-electron chi connectivity index (χ0n) is 37.9. The summed E-state index contributed by atoms with van der Waals surface area (Å²) >= 11 is 0. The van der Waals surface area contributed by atoms with Gasteiger partial charge in [0.2, 0.25) is 0 Å². The van der Waals surface area contributed by atoms with Crippen molar-refractivity contribution in [2.45, 2.75) is 0 Å². The molecule has 1 aliphatic rings. The second-order valence-corrected chi connectivity index (χ2v) is 19.7. The van der Waals surface area contributed by atoms with Crippen LogP contribution in [0.1, 0.15) is 0 Å². The van der Waals surface area contributed by atoms with E-state index in [9.17, 15) is 0 Å². The van der Waals surface area contributed by atoms with Crippen LogP contribution in [-0.2, 0) is 0 Å². The van der Waals surface area contributed by atoms with Crippen molar-refractivity contribution >= 4 is 108 Å². The van der Waals surface area contributed by atoms with Gasteiger partial charge in [-0.25, -0.2) is 0 Å². The van der Waals surface area contributed by atoms with E-state index >= 15 is 0 Å². The highest BCUT2D eigenvalue weighted by Crippen LogP contribution is 2.59. The molecule has 1 aliphatic carbocycles. The molecule has 0 saturated carbocycles. The van der Waals surface area contributed by atoms with Gasteiger partial charge in [-0.05, 0) is 187 Å². The van der Waals surface area contributed by atoms with Crippen LogP contribution in [0, 0.1) is 0 Å². The van der Waals surface area contributed by atoms with Crippen LogP contribution >= 0.6 is 0 Å². The predicted molar refractivity (Wildman–Crippen MR) is 301 cm³/mol. The average Bonchev–Trinajstić information content (AvgIpc) is 4.07. The molecule has 0 amide bonds. The average molecular weight is 879 g/mol. The summed E-state index contributed by atoms with van der Waals surface area (Å²) in [7, 11) is 0. The Hall–Kier alpha value is -9.10. The van der Waals surface area contributed by atoms with Crippen molar-refractivity contribution in [1.82, 2.24) is 0 Å². The lowest BCUT2D eigenvalue weighted by Crippen LogP contribution is -1.93. The summed E-state index contributed by atoms with van der Waals surface area (Å²) < 4.78 is 0. The zero-order chi connectivity index (χ0) is 45.3. The second-order valence-electron chi connectivity index (χ2n) is 19.7. The topological polar surface area (TPSA) is 0 Å². The maximum Gasteiger partial charge on any atom is -0.000694 e. The second kappa shape index (κ2) is 13.3. The van der Waals surface area contributed by atoms with Crippen LogP contribution < -0.4 is 0 Å². The molecule has 70 heavy (non-hydrogen) atoms. The molecule has 0 heteroatoms. The number of fused-ring (bicyclic) bond motifs is 14. The summed E-state index contributed by atoms with van der Waals surface area (Å²) in [6, 6.07) is 87.3. The largest absolute Gasteiger partial charge is 0.0622 e. The number of hydrogen-bond donors (Lipinski definition) is 0. The van der Waals surface area contributed by atoms with E-state index in [-0.39, 0.29) is 0 Å². The van der Waals surface area contributed by atoms with E-state index in [1.54, 1.807) is 0 Å². The molecule has 0 unspecified atom stereocenters. The van der Waals surface area contributed by atoms with Crippen LogP contribution in [0.4, 0.5) is 0 Å². The number of benzene rings is 14. The Morgan fingerprint density at radius 3 is 1.24 bits per heavy atom. The van der Waals surface area contributed by atoms with Gasteiger partial charge in [0.1, 0.15) is 0 Å². The lowest BCUT2D eigenvalue weighted by molar-refractivity contribution is 1.58. The zero-order valence-corrected chi connectivity index (χ0v) is 37.9. The summed E-state index contributed by atoms with van der Waals surface area (Å²) in [5, 5.41) is 26.7. The van der Waals surface area contributed by atoms with Crippen molar-refractivity contribution in [3.8, 4) is 66.8 Å². The van der Waals surface area contributed by atoms with Crippen LogP contribution in [0.25, 0.3) is 174 Å². The predicted octanol–water partition coefficient (Wildman–Crippen LogP) is 19.8. The molecule has 318 valence electrons. The van der Waals surface area contributed by atoms with Gasteiger partial charge in [0, 0.05) is 0 Å². The fourth-order valence-corrected chi connectivity index (χ4v) is 13.7. The maximum atomic E-state index is 2.52. The molecule has 17 rings (SSSR count). The van der Waals surface area contributed by atoms with Gasteiger partial charge >= 0.3 is 0 Å². The lowest BCUT2D eigenvalue weighted by Gasteiger charge is -2.21. The van der Waals surface area contributed by atoms with Gasteiger partial charge in [-0.3, -0.25) is 0 Å². The molecule has 0 spiro atoms. The minimum atomic E-state index is 1.22. The summed E-state index contributed by atoms with van der Waals surface area (Å²) in [5.74, 6) is 0. The smallest absolute Gasteiger partial charge is 0.000694 e. The van der Waals surface area contributed by atoms with Crippen molar-refractivity contribution < 1.29 is 0 Å². The minimum Gasteiger partial charge on any atom is -0.0622 e. The molecular weight excluding hydrogens is 841 g/mol. The third kappa shape index (κ3) is 4.57. The quantitative estimate of drug-likeness (QED) is 0.122. The van der Waals surface area contributed by atoms with E-state index in [0.29, 0.717) is 0 Å². The molecule has 0 N–H and O–H groups in total. The molecule has 0 aliphatic heterocycles. The van der Waals surface area contributed by atoms with Crippen LogP contribution in [-0.4, -0.2) is 0 Å². The molecule has 0 radical (unpaired) electrons. The monoisotopic (exact) mass is 878 g/mol. The Labute approximate surface area is 402 Å². The third-order valence-corrected chi connectivity index (χ3v) is 16.4. The number of rotatable bonds is 4. The van der Waals surface area contributed by atoms with Gasteiger partial charge in [0.15, 0.2) is 0 Å². The molecule has 0 nitrogen and oxygen atoms in total. The lowest BCUT2D eigenvalue weighted by atomic mass is 9.82. The summed E-state index contributed by atoms with van der Waals surface area (Å²) in [5.41, 5.74) is 15.3. The maximum absolute atomic E-state index is 2.52. The van der Waals surface area contributed by atoms with E-state index in [1.807, 2.05) is 0 Å². The first-order chi connectivity index (χ1) is 34.8. The standard InChI is InChI=1S/C70H38/c1-4-15-39(16-5-1)42-27-28-47-50-29-30-51-53-34-36-57-65-56(35-33-54(64(53)65)52-31-32-55(58(47)37-42)62(50)63(51)52)67-66-49-24-13-12-23-48(49)61-46-22-11-10-21-43(46)38-59(70(61)66)69(68(57)67)60-44(40-17-6-2-7-18-40)25-14-26-45(60)41-19-8-3-9-20-41/h1-38H. The first kappa shape index (κ1) is 37.0. The molecule has 16 aromatic rings. The van der Waals surface area contributed by atoms with Crippen molar-refractivity contribution in [1.29, 1.82) is 0 Å². The molecule has 0 heterocycles. The van der Waals surface area contributed by atoms with Gasteiger partial charge in [0.25, 0.3) is 0 Å². The molecule has 0 saturated heterocycles. The van der Waals surface area contributed by atoms with Crippen LogP contribution in [0.2, 0.25) is 0 Å². The van der Waals surface area contributed by atoms with Crippen molar-refractivity contribution in [3.63, 3.8) is 0 Å². The van der Waals surface area contributed by atoms with Crippen molar-refractivity contribution in [2.24, 2.45) is 0 Å².